The van der Waals surface area contributed by atoms with E-state index in [9.17, 15) is 0 Å². The molecule has 2 heteroatoms. The van der Waals surface area contributed by atoms with E-state index in [-0.39, 0.29) is 0 Å². The zero-order valence-corrected chi connectivity index (χ0v) is 7.86. The SMILES string of the molecule is C=C(C)CNc1cccc(Cl)c1. The molecule has 0 unspecified atom stereocenters. The van der Waals surface area contributed by atoms with Gasteiger partial charge < -0.3 is 5.32 Å². The van der Waals surface area contributed by atoms with Crippen molar-refractivity contribution in [3.63, 3.8) is 0 Å². The molecule has 0 heterocycles. The van der Waals surface area contributed by atoms with Crippen molar-refractivity contribution in [1.29, 1.82) is 0 Å². The number of rotatable bonds is 3. The number of anilines is 1. The molecule has 0 amide bonds. The van der Waals surface area contributed by atoms with Crippen molar-refractivity contribution >= 4 is 17.3 Å². The van der Waals surface area contributed by atoms with Crippen LogP contribution >= 0.6 is 11.6 Å². The van der Waals surface area contributed by atoms with E-state index in [2.05, 4.69) is 11.9 Å². The zero-order valence-electron chi connectivity index (χ0n) is 7.10. The van der Waals surface area contributed by atoms with Gasteiger partial charge in [0.25, 0.3) is 0 Å². The van der Waals surface area contributed by atoms with Gasteiger partial charge in [-0.2, -0.15) is 0 Å². The van der Waals surface area contributed by atoms with Gasteiger partial charge in [-0.05, 0) is 25.1 Å². The summed E-state index contributed by atoms with van der Waals surface area (Å²) in [5, 5.41) is 3.95. The van der Waals surface area contributed by atoms with Gasteiger partial charge in [0.2, 0.25) is 0 Å². The third-order valence-corrected chi connectivity index (χ3v) is 1.65. The molecule has 1 aromatic carbocycles. The lowest BCUT2D eigenvalue weighted by atomic mass is 10.3. The van der Waals surface area contributed by atoms with Gasteiger partial charge in [0.05, 0.1) is 0 Å². The molecular formula is C10H12ClN. The van der Waals surface area contributed by atoms with Crippen molar-refractivity contribution in [2.24, 2.45) is 0 Å². The summed E-state index contributed by atoms with van der Waals surface area (Å²) in [6, 6.07) is 7.65. The number of halogens is 1. The first-order valence-electron chi connectivity index (χ1n) is 3.82. The molecule has 1 aromatic rings. The van der Waals surface area contributed by atoms with E-state index in [0.717, 1.165) is 22.8 Å². The second kappa shape index (κ2) is 4.17. The fraction of sp³-hybridized carbons (Fsp3) is 0.200. The molecule has 0 aromatic heterocycles. The van der Waals surface area contributed by atoms with Gasteiger partial charge in [-0.15, -0.1) is 0 Å². The smallest absolute Gasteiger partial charge is 0.0426 e. The molecule has 0 bridgehead atoms. The largest absolute Gasteiger partial charge is 0.381 e. The third kappa shape index (κ3) is 2.97. The third-order valence-electron chi connectivity index (χ3n) is 1.42. The van der Waals surface area contributed by atoms with Crippen molar-refractivity contribution in [2.45, 2.75) is 6.92 Å². The van der Waals surface area contributed by atoms with Crippen LogP contribution in [0.2, 0.25) is 5.02 Å². The van der Waals surface area contributed by atoms with Crippen LogP contribution in [0.3, 0.4) is 0 Å². The van der Waals surface area contributed by atoms with Crippen LogP contribution < -0.4 is 5.32 Å². The Balaban J connectivity index is 2.57. The summed E-state index contributed by atoms with van der Waals surface area (Å²) in [6.07, 6.45) is 0. The summed E-state index contributed by atoms with van der Waals surface area (Å²) in [6.45, 7) is 6.57. The maximum absolute atomic E-state index is 5.80. The van der Waals surface area contributed by atoms with Crippen LogP contribution in [0.5, 0.6) is 0 Å². The number of hydrogen-bond donors (Lipinski definition) is 1. The normalized spacial score (nSPS) is 9.50. The lowest BCUT2D eigenvalue weighted by Crippen LogP contribution is -2.01. The van der Waals surface area contributed by atoms with Gasteiger partial charge in [-0.1, -0.05) is 29.8 Å². The van der Waals surface area contributed by atoms with Gasteiger partial charge in [0.15, 0.2) is 0 Å². The highest BCUT2D eigenvalue weighted by molar-refractivity contribution is 6.30. The molecule has 0 saturated carbocycles. The predicted octanol–water partition coefficient (Wildman–Crippen LogP) is 3.33. The maximum Gasteiger partial charge on any atom is 0.0426 e. The summed E-state index contributed by atoms with van der Waals surface area (Å²) < 4.78 is 0. The van der Waals surface area contributed by atoms with Crippen LogP contribution in [0.1, 0.15) is 6.92 Å². The second-order valence-electron chi connectivity index (χ2n) is 2.82. The second-order valence-corrected chi connectivity index (χ2v) is 3.26. The van der Waals surface area contributed by atoms with Crippen molar-refractivity contribution in [3.8, 4) is 0 Å². The molecule has 0 aliphatic carbocycles. The van der Waals surface area contributed by atoms with Crippen molar-refractivity contribution in [2.75, 3.05) is 11.9 Å². The van der Waals surface area contributed by atoms with E-state index < -0.39 is 0 Å². The summed E-state index contributed by atoms with van der Waals surface area (Å²) >= 11 is 5.80. The van der Waals surface area contributed by atoms with Crippen LogP contribution in [0.15, 0.2) is 36.4 Å². The van der Waals surface area contributed by atoms with Crippen LogP contribution in [0.25, 0.3) is 0 Å². The van der Waals surface area contributed by atoms with E-state index in [0.29, 0.717) is 0 Å². The minimum Gasteiger partial charge on any atom is -0.381 e. The average molecular weight is 182 g/mol. The molecule has 0 saturated heterocycles. The lowest BCUT2D eigenvalue weighted by Gasteiger charge is -2.05. The predicted molar refractivity (Wildman–Crippen MR) is 54.8 cm³/mol. The Morgan fingerprint density at radius 2 is 2.33 bits per heavy atom. The van der Waals surface area contributed by atoms with E-state index >= 15 is 0 Å². The molecule has 1 N–H and O–H groups in total. The van der Waals surface area contributed by atoms with E-state index in [4.69, 9.17) is 11.6 Å². The van der Waals surface area contributed by atoms with E-state index in [1.165, 1.54) is 0 Å². The molecule has 64 valence electrons. The lowest BCUT2D eigenvalue weighted by molar-refractivity contribution is 1.22. The van der Waals surface area contributed by atoms with Crippen molar-refractivity contribution < 1.29 is 0 Å². The van der Waals surface area contributed by atoms with Crippen LogP contribution in [-0.4, -0.2) is 6.54 Å². The summed E-state index contributed by atoms with van der Waals surface area (Å²) in [5.41, 5.74) is 2.14. The van der Waals surface area contributed by atoms with Gasteiger partial charge in [0.1, 0.15) is 0 Å². The topological polar surface area (TPSA) is 12.0 Å². The van der Waals surface area contributed by atoms with E-state index in [1.54, 1.807) is 0 Å². The number of nitrogens with one attached hydrogen (secondary N) is 1. The molecule has 0 fully saturated rings. The Hall–Kier alpha value is -0.950. The molecule has 0 aliphatic rings. The molecule has 0 spiro atoms. The zero-order chi connectivity index (χ0) is 8.97. The fourth-order valence-corrected chi connectivity index (χ4v) is 1.04. The highest BCUT2D eigenvalue weighted by Crippen LogP contribution is 2.14. The Morgan fingerprint density at radius 1 is 1.58 bits per heavy atom. The highest BCUT2D eigenvalue weighted by Gasteiger charge is 1.91. The number of hydrogen-bond acceptors (Lipinski definition) is 1. The molecule has 0 radical (unpaired) electrons. The maximum atomic E-state index is 5.80. The Kier molecular flexibility index (Phi) is 3.18. The molecule has 1 nitrogen and oxygen atoms in total. The summed E-state index contributed by atoms with van der Waals surface area (Å²) in [5.74, 6) is 0. The number of benzene rings is 1. The summed E-state index contributed by atoms with van der Waals surface area (Å²) in [4.78, 5) is 0. The van der Waals surface area contributed by atoms with Crippen molar-refractivity contribution in [3.05, 3.63) is 41.4 Å². The van der Waals surface area contributed by atoms with Crippen LogP contribution in [0, 0.1) is 0 Å². The standard InChI is InChI=1S/C10H12ClN/c1-8(2)7-12-10-5-3-4-9(11)6-10/h3-6,12H,1,7H2,2H3. The Labute approximate surface area is 78.1 Å². The van der Waals surface area contributed by atoms with Gasteiger partial charge >= 0.3 is 0 Å². The Morgan fingerprint density at radius 3 is 2.92 bits per heavy atom. The first kappa shape index (κ1) is 9.14. The average Bonchev–Trinajstić information content (AvgIpc) is 2.01. The van der Waals surface area contributed by atoms with Crippen molar-refractivity contribution in [1.82, 2.24) is 0 Å². The Bertz CT molecular complexity index is 281. The molecule has 1 rings (SSSR count). The van der Waals surface area contributed by atoms with E-state index in [1.807, 2.05) is 31.2 Å². The fourth-order valence-electron chi connectivity index (χ4n) is 0.851. The van der Waals surface area contributed by atoms with Gasteiger partial charge in [-0.3, -0.25) is 0 Å². The quantitative estimate of drug-likeness (QED) is 0.706. The molecule has 0 atom stereocenters. The molecular weight excluding hydrogens is 170 g/mol. The minimum absolute atomic E-state index is 0.752. The minimum atomic E-state index is 0.752. The first-order chi connectivity index (χ1) is 5.68. The highest BCUT2D eigenvalue weighted by atomic mass is 35.5. The van der Waals surface area contributed by atoms with Crippen LogP contribution in [-0.2, 0) is 0 Å². The first-order valence-corrected chi connectivity index (χ1v) is 4.20. The van der Waals surface area contributed by atoms with Crippen LogP contribution in [0.4, 0.5) is 5.69 Å². The monoisotopic (exact) mass is 181 g/mol. The molecule has 12 heavy (non-hydrogen) atoms. The summed E-state index contributed by atoms with van der Waals surface area (Å²) in [7, 11) is 0. The van der Waals surface area contributed by atoms with Gasteiger partial charge in [0, 0.05) is 17.3 Å². The molecule has 0 aliphatic heterocycles. The van der Waals surface area contributed by atoms with Gasteiger partial charge in [-0.25, -0.2) is 0 Å².